The fraction of sp³-hybridized carbons (Fsp3) is 0.267. The molecule has 1 aromatic carbocycles. The molecule has 1 heterocycles. The first-order valence-corrected chi connectivity index (χ1v) is 7.09. The fourth-order valence-electron chi connectivity index (χ4n) is 1.76. The molecule has 3 nitrogen and oxygen atoms in total. The van der Waals surface area contributed by atoms with Gasteiger partial charge in [-0.3, -0.25) is 4.79 Å². The molecule has 4 heteroatoms. The molecule has 0 radical (unpaired) electrons. The van der Waals surface area contributed by atoms with Gasteiger partial charge in [0.15, 0.2) is 17.8 Å². The molecule has 1 aromatic heterocycles. The highest BCUT2D eigenvalue weighted by atomic mass is 32.1. The first-order valence-electron chi connectivity index (χ1n) is 6.21. The molecule has 2 aromatic rings. The van der Waals surface area contributed by atoms with Gasteiger partial charge in [0.2, 0.25) is 0 Å². The molecular formula is C15H16O3S. The molecule has 100 valence electrons. The van der Waals surface area contributed by atoms with Crippen LogP contribution in [-0.4, -0.2) is 19.5 Å². The van der Waals surface area contributed by atoms with Gasteiger partial charge in [-0.15, -0.1) is 11.3 Å². The van der Waals surface area contributed by atoms with Crippen molar-refractivity contribution >= 4 is 17.6 Å². The number of hydrogen-bond donors (Lipinski definition) is 0. The third-order valence-electron chi connectivity index (χ3n) is 2.61. The standard InChI is InChI=1S/C15H16O3S/c1-2-17-14-7-3-5-12(11-16)15(14)18-9-8-13-6-4-10-19-13/h3-7,10-11H,2,8-9H2,1H3. The number of hydrogen-bond acceptors (Lipinski definition) is 4. The number of rotatable bonds is 7. The SMILES string of the molecule is CCOc1cccc(C=O)c1OCCc1cccs1. The average Bonchev–Trinajstić information content (AvgIpc) is 2.93. The van der Waals surface area contributed by atoms with Gasteiger partial charge in [0.05, 0.1) is 18.8 Å². The maximum atomic E-state index is 11.0. The molecule has 0 aliphatic heterocycles. The predicted octanol–water partition coefficient (Wildman–Crippen LogP) is 3.58. The molecule has 0 N–H and O–H groups in total. The van der Waals surface area contributed by atoms with Gasteiger partial charge < -0.3 is 9.47 Å². The van der Waals surface area contributed by atoms with Crippen molar-refractivity contribution in [3.8, 4) is 11.5 Å². The monoisotopic (exact) mass is 276 g/mol. The van der Waals surface area contributed by atoms with E-state index in [0.29, 0.717) is 30.3 Å². The van der Waals surface area contributed by atoms with E-state index in [0.717, 1.165) is 12.7 Å². The van der Waals surface area contributed by atoms with E-state index in [-0.39, 0.29) is 0 Å². The van der Waals surface area contributed by atoms with E-state index in [9.17, 15) is 4.79 Å². The Kier molecular flexibility index (Phi) is 4.98. The maximum Gasteiger partial charge on any atom is 0.171 e. The van der Waals surface area contributed by atoms with Crippen LogP contribution in [0.4, 0.5) is 0 Å². The Bertz CT molecular complexity index is 520. The van der Waals surface area contributed by atoms with Gasteiger partial charge in [0.1, 0.15) is 0 Å². The Morgan fingerprint density at radius 1 is 1.21 bits per heavy atom. The van der Waals surface area contributed by atoms with Crippen molar-refractivity contribution in [1.82, 2.24) is 0 Å². The highest BCUT2D eigenvalue weighted by Crippen LogP contribution is 2.30. The van der Waals surface area contributed by atoms with Gasteiger partial charge in [-0.1, -0.05) is 12.1 Å². The van der Waals surface area contributed by atoms with Crippen molar-refractivity contribution < 1.29 is 14.3 Å². The minimum absolute atomic E-state index is 0.525. The number of carbonyl (C=O) groups is 1. The van der Waals surface area contributed by atoms with Crippen LogP contribution in [0, 0.1) is 0 Å². The van der Waals surface area contributed by atoms with E-state index >= 15 is 0 Å². The second-order valence-corrected chi connectivity index (χ2v) is 4.94. The third kappa shape index (κ3) is 3.58. The molecular weight excluding hydrogens is 260 g/mol. The number of para-hydroxylation sites is 1. The topological polar surface area (TPSA) is 35.5 Å². The average molecular weight is 276 g/mol. The van der Waals surface area contributed by atoms with Crippen LogP contribution in [0.2, 0.25) is 0 Å². The summed E-state index contributed by atoms with van der Waals surface area (Å²) in [5.74, 6) is 1.16. The van der Waals surface area contributed by atoms with Gasteiger partial charge in [0.25, 0.3) is 0 Å². The molecule has 0 bridgehead atoms. The molecule has 0 amide bonds. The highest BCUT2D eigenvalue weighted by Gasteiger charge is 2.10. The highest BCUT2D eigenvalue weighted by molar-refractivity contribution is 7.09. The first-order chi connectivity index (χ1) is 9.35. The lowest BCUT2D eigenvalue weighted by molar-refractivity contribution is 0.111. The van der Waals surface area contributed by atoms with Gasteiger partial charge in [0, 0.05) is 11.3 Å². The van der Waals surface area contributed by atoms with Crippen LogP contribution in [0.1, 0.15) is 22.2 Å². The van der Waals surface area contributed by atoms with Crippen LogP contribution in [0.3, 0.4) is 0 Å². The summed E-state index contributed by atoms with van der Waals surface area (Å²) < 4.78 is 11.2. The predicted molar refractivity (Wildman–Crippen MR) is 76.5 cm³/mol. The summed E-state index contributed by atoms with van der Waals surface area (Å²) in [7, 11) is 0. The number of aldehydes is 1. The van der Waals surface area contributed by atoms with E-state index in [1.807, 2.05) is 24.4 Å². The summed E-state index contributed by atoms with van der Waals surface area (Å²) in [6.45, 7) is 2.98. The number of thiophene rings is 1. The van der Waals surface area contributed by atoms with Crippen molar-refractivity contribution in [2.45, 2.75) is 13.3 Å². The molecule has 0 unspecified atom stereocenters. The summed E-state index contributed by atoms with van der Waals surface area (Å²) in [6.07, 6.45) is 1.62. The van der Waals surface area contributed by atoms with Crippen molar-refractivity contribution in [3.05, 3.63) is 46.2 Å². The summed E-state index contributed by atoms with van der Waals surface area (Å²) in [6, 6.07) is 9.43. The molecule has 0 fully saturated rings. The zero-order chi connectivity index (χ0) is 13.5. The maximum absolute atomic E-state index is 11.0. The molecule has 0 aliphatic rings. The quantitative estimate of drug-likeness (QED) is 0.725. The fourth-order valence-corrected chi connectivity index (χ4v) is 2.45. The molecule has 19 heavy (non-hydrogen) atoms. The largest absolute Gasteiger partial charge is 0.490 e. The molecule has 0 aliphatic carbocycles. The summed E-state index contributed by atoms with van der Waals surface area (Å²) in [5.41, 5.74) is 0.525. The van der Waals surface area contributed by atoms with Crippen LogP contribution in [0.15, 0.2) is 35.7 Å². The number of carbonyl (C=O) groups excluding carboxylic acids is 1. The van der Waals surface area contributed by atoms with E-state index in [4.69, 9.17) is 9.47 Å². The summed E-state index contributed by atoms with van der Waals surface area (Å²) in [5, 5.41) is 2.04. The van der Waals surface area contributed by atoms with Crippen molar-refractivity contribution in [3.63, 3.8) is 0 Å². The van der Waals surface area contributed by atoms with Crippen LogP contribution >= 0.6 is 11.3 Å². The normalized spacial score (nSPS) is 10.2. The van der Waals surface area contributed by atoms with Gasteiger partial charge in [-0.2, -0.15) is 0 Å². The van der Waals surface area contributed by atoms with Crippen LogP contribution in [-0.2, 0) is 6.42 Å². The zero-order valence-corrected chi connectivity index (χ0v) is 11.6. The molecule has 0 spiro atoms. The van der Waals surface area contributed by atoms with E-state index in [1.54, 1.807) is 23.5 Å². The summed E-state index contributed by atoms with van der Waals surface area (Å²) >= 11 is 1.70. The molecule has 0 saturated heterocycles. The Morgan fingerprint density at radius 2 is 2.11 bits per heavy atom. The third-order valence-corrected chi connectivity index (χ3v) is 3.55. The van der Waals surface area contributed by atoms with E-state index in [2.05, 4.69) is 6.07 Å². The lowest BCUT2D eigenvalue weighted by Crippen LogP contribution is -2.05. The van der Waals surface area contributed by atoms with Gasteiger partial charge in [-0.05, 0) is 30.5 Å². The van der Waals surface area contributed by atoms with E-state index < -0.39 is 0 Å². The molecule has 0 atom stereocenters. The Hall–Kier alpha value is -1.81. The Morgan fingerprint density at radius 3 is 2.79 bits per heavy atom. The second kappa shape index (κ2) is 6.95. The summed E-state index contributed by atoms with van der Waals surface area (Å²) in [4.78, 5) is 12.3. The lowest BCUT2D eigenvalue weighted by atomic mass is 10.2. The first kappa shape index (κ1) is 13.6. The van der Waals surface area contributed by atoms with Gasteiger partial charge >= 0.3 is 0 Å². The second-order valence-electron chi connectivity index (χ2n) is 3.90. The van der Waals surface area contributed by atoms with Gasteiger partial charge in [-0.25, -0.2) is 0 Å². The van der Waals surface area contributed by atoms with Crippen molar-refractivity contribution in [1.29, 1.82) is 0 Å². The van der Waals surface area contributed by atoms with Crippen LogP contribution in [0.5, 0.6) is 11.5 Å². The minimum Gasteiger partial charge on any atom is -0.490 e. The van der Waals surface area contributed by atoms with Crippen molar-refractivity contribution in [2.24, 2.45) is 0 Å². The Balaban J connectivity index is 2.06. The van der Waals surface area contributed by atoms with E-state index in [1.165, 1.54) is 4.88 Å². The minimum atomic E-state index is 0.525. The Labute approximate surface area is 116 Å². The zero-order valence-electron chi connectivity index (χ0n) is 10.8. The smallest absolute Gasteiger partial charge is 0.171 e. The molecule has 2 rings (SSSR count). The van der Waals surface area contributed by atoms with Crippen molar-refractivity contribution in [2.75, 3.05) is 13.2 Å². The van der Waals surface area contributed by atoms with Crippen LogP contribution < -0.4 is 9.47 Å². The number of ether oxygens (including phenoxy) is 2. The van der Waals surface area contributed by atoms with Crippen LogP contribution in [0.25, 0.3) is 0 Å². The number of benzene rings is 1. The lowest BCUT2D eigenvalue weighted by Gasteiger charge is -2.13. The molecule has 0 saturated carbocycles.